The highest BCUT2D eigenvalue weighted by molar-refractivity contribution is 5.63. The fraction of sp³-hybridized carbons (Fsp3) is 0.111. The molecule has 12 N–H and O–H groups in total. The zero-order chi connectivity index (χ0) is 25.0. The average molecular weight is 525 g/mol. The Morgan fingerprint density at radius 2 is 0.921 bits per heavy atom. The standard InChI is InChI=1S/2C8H5N8.C2H8N2.2H2O/c2*1-2-6(8-11-15-16-12-8)4-3-5(1)7-9-13-14-10-7;3-1-2-4;;/h2*1-4H,(H-,9,10,11,12,13,14,15,16);1-4H2;2*1H2/q2*-1;;;/p+2. The molecule has 0 fully saturated rings. The van der Waals surface area contributed by atoms with E-state index >= 15 is 0 Å². The largest absolute Gasteiger partial charge is 0.412 e. The molecule has 0 saturated heterocycles. The van der Waals surface area contributed by atoms with Crippen molar-refractivity contribution in [3.63, 3.8) is 0 Å². The SMILES string of the molecule is O.O.[NH3+]CC[NH3+].c1cc(-c2nnn[n-]2)ccc1-c1nn[nH]n1.c1cc(-c2nnn[n-]2)ccc1-c1nn[nH]n1. The fourth-order valence-electron chi connectivity index (χ4n) is 2.63. The van der Waals surface area contributed by atoms with Gasteiger partial charge in [-0.05, 0) is 21.6 Å². The Hall–Kier alpha value is -5.44. The molecule has 0 unspecified atom stereocenters. The molecule has 0 radical (unpaired) electrons. The van der Waals surface area contributed by atoms with Crippen LogP contribution in [0, 0.1) is 0 Å². The summed E-state index contributed by atoms with van der Waals surface area (Å²) in [5.74, 6) is 2.09. The summed E-state index contributed by atoms with van der Waals surface area (Å²) >= 11 is 0. The maximum atomic E-state index is 3.88. The molecule has 0 aliphatic rings. The van der Waals surface area contributed by atoms with E-state index in [0.717, 1.165) is 35.3 Å². The van der Waals surface area contributed by atoms with Crippen LogP contribution in [-0.4, -0.2) is 96.3 Å². The van der Waals surface area contributed by atoms with Gasteiger partial charge in [-0.2, -0.15) is 20.9 Å². The third kappa shape index (κ3) is 7.53. The summed E-state index contributed by atoms with van der Waals surface area (Å²) in [6, 6.07) is 14.8. The highest BCUT2D eigenvalue weighted by Crippen LogP contribution is 2.19. The summed E-state index contributed by atoms with van der Waals surface area (Å²) in [6.07, 6.45) is 0. The molecule has 198 valence electrons. The Bertz CT molecular complexity index is 1150. The van der Waals surface area contributed by atoms with Gasteiger partial charge in [-0.15, -0.1) is 20.4 Å². The number of quaternary nitrogens is 2. The van der Waals surface area contributed by atoms with Crippen molar-refractivity contribution in [2.24, 2.45) is 0 Å². The molecule has 0 amide bonds. The Balaban J connectivity index is 0.000000224. The number of hydrogen-bond donors (Lipinski definition) is 4. The van der Waals surface area contributed by atoms with E-state index in [0.29, 0.717) is 23.3 Å². The van der Waals surface area contributed by atoms with Crippen molar-refractivity contribution in [1.29, 1.82) is 0 Å². The van der Waals surface area contributed by atoms with Crippen molar-refractivity contribution in [1.82, 2.24) is 82.5 Å². The topological polar surface area (TPSA) is 333 Å². The van der Waals surface area contributed by atoms with Crippen LogP contribution in [0.15, 0.2) is 48.5 Å². The van der Waals surface area contributed by atoms with Crippen LogP contribution in [0.5, 0.6) is 0 Å². The molecule has 0 aliphatic heterocycles. The summed E-state index contributed by atoms with van der Waals surface area (Å²) in [5, 5.41) is 56.0. The predicted molar refractivity (Wildman–Crippen MR) is 126 cm³/mol. The van der Waals surface area contributed by atoms with Gasteiger partial charge in [0.15, 0.2) is 0 Å². The van der Waals surface area contributed by atoms with E-state index in [2.05, 4.69) is 94.0 Å². The van der Waals surface area contributed by atoms with Gasteiger partial charge in [-0.1, -0.05) is 48.5 Å². The molecule has 0 saturated carbocycles. The van der Waals surface area contributed by atoms with Gasteiger partial charge < -0.3 is 32.6 Å². The summed E-state index contributed by atoms with van der Waals surface area (Å²) in [5.41, 5.74) is 10.5. The second-order valence-corrected chi connectivity index (χ2v) is 6.74. The number of tetrazole rings is 4. The molecule has 0 bridgehead atoms. The molecule has 4 heterocycles. The minimum absolute atomic E-state index is 0. The number of nitrogens with one attached hydrogen (secondary N) is 2. The predicted octanol–water partition coefficient (Wildman–Crippen LogP) is -4.83. The zero-order valence-electron chi connectivity index (χ0n) is 19.7. The molecular formula is C18H24N18O2. The van der Waals surface area contributed by atoms with E-state index in [1.165, 1.54) is 0 Å². The molecule has 20 heteroatoms. The normalized spacial score (nSPS) is 9.63. The summed E-state index contributed by atoms with van der Waals surface area (Å²) in [4.78, 5) is 0. The Kier molecular flexibility index (Phi) is 11.2. The van der Waals surface area contributed by atoms with Gasteiger partial charge in [0.05, 0.1) is 0 Å². The second kappa shape index (κ2) is 14.8. The molecule has 6 aromatic rings. The van der Waals surface area contributed by atoms with Crippen molar-refractivity contribution in [2.75, 3.05) is 13.1 Å². The molecule has 4 aromatic heterocycles. The summed E-state index contributed by atoms with van der Waals surface area (Å²) in [7, 11) is 0. The van der Waals surface area contributed by atoms with E-state index in [4.69, 9.17) is 0 Å². The first kappa shape index (κ1) is 28.8. The van der Waals surface area contributed by atoms with Crippen LogP contribution < -0.4 is 21.7 Å². The summed E-state index contributed by atoms with van der Waals surface area (Å²) < 4.78 is 0. The van der Waals surface area contributed by atoms with Crippen molar-refractivity contribution in [3.8, 4) is 45.6 Å². The van der Waals surface area contributed by atoms with E-state index in [1.54, 1.807) is 0 Å². The van der Waals surface area contributed by atoms with Crippen molar-refractivity contribution < 1.29 is 22.4 Å². The van der Waals surface area contributed by atoms with Gasteiger partial charge in [0, 0.05) is 22.8 Å². The highest BCUT2D eigenvalue weighted by Gasteiger charge is 2.03. The van der Waals surface area contributed by atoms with Gasteiger partial charge in [-0.3, -0.25) is 20.6 Å². The average Bonchev–Trinajstić information content (AvgIpc) is 3.76. The minimum Gasteiger partial charge on any atom is -0.412 e. The molecule has 2 aromatic carbocycles. The van der Waals surface area contributed by atoms with Gasteiger partial charge in [0.1, 0.15) is 13.1 Å². The number of aromatic nitrogens is 16. The van der Waals surface area contributed by atoms with Crippen LogP contribution in [0.4, 0.5) is 0 Å². The zero-order valence-corrected chi connectivity index (χ0v) is 19.7. The number of rotatable bonds is 5. The first-order valence-corrected chi connectivity index (χ1v) is 10.4. The second-order valence-electron chi connectivity index (χ2n) is 6.74. The van der Waals surface area contributed by atoms with E-state index < -0.39 is 0 Å². The van der Waals surface area contributed by atoms with Crippen LogP contribution in [0.3, 0.4) is 0 Å². The third-order valence-electron chi connectivity index (χ3n) is 4.38. The lowest BCUT2D eigenvalue weighted by atomic mass is 10.1. The molecule has 6 rings (SSSR count). The summed E-state index contributed by atoms with van der Waals surface area (Å²) in [6.45, 7) is 1.92. The smallest absolute Gasteiger partial charge is 0.204 e. The molecule has 20 nitrogen and oxygen atoms in total. The molecular weight excluding hydrogens is 500 g/mol. The number of hydrogen-bond acceptors (Lipinski definition) is 12. The highest BCUT2D eigenvalue weighted by atomic mass is 16.0. The maximum Gasteiger partial charge on any atom is 0.204 e. The minimum atomic E-state index is 0. The van der Waals surface area contributed by atoms with Gasteiger partial charge in [0.2, 0.25) is 11.6 Å². The monoisotopic (exact) mass is 524 g/mol. The van der Waals surface area contributed by atoms with E-state index in [-0.39, 0.29) is 11.0 Å². The van der Waals surface area contributed by atoms with Crippen LogP contribution in [0.25, 0.3) is 45.6 Å². The van der Waals surface area contributed by atoms with Gasteiger partial charge >= 0.3 is 0 Å². The molecule has 0 aliphatic carbocycles. The number of H-pyrrole nitrogens is 2. The lowest BCUT2D eigenvalue weighted by Gasteiger charge is -2.00. The third-order valence-corrected chi connectivity index (χ3v) is 4.38. The first-order valence-electron chi connectivity index (χ1n) is 10.4. The van der Waals surface area contributed by atoms with Crippen molar-refractivity contribution in [3.05, 3.63) is 48.5 Å². The number of benzene rings is 2. The number of nitrogens with zero attached hydrogens (tertiary/aromatic N) is 14. The van der Waals surface area contributed by atoms with Crippen LogP contribution >= 0.6 is 0 Å². The Labute approximate surface area is 212 Å². The Morgan fingerprint density at radius 1 is 0.553 bits per heavy atom. The van der Waals surface area contributed by atoms with Gasteiger partial charge in [0.25, 0.3) is 0 Å². The van der Waals surface area contributed by atoms with Crippen LogP contribution in [0.2, 0.25) is 0 Å². The van der Waals surface area contributed by atoms with Gasteiger partial charge in [-0.25, -0.2) is 0 Å². The maximum absolute atomic E-state index is 3.88. The Morgan fingerprint density at radius 3 is 1.18 bits per heavy atom. The molecule has 0 spiro atoms. The fourth-order valence-corrected chi connectivity index (χ4v) is 2.63. The van der Waals surface area contributed by atoms with Crippen molar-refractivity contribution >= 4 is 0 Å². The quantitative estimate of drug-likeness (QED) is 0.164. The number of aromatic amines is 2. The molecule has 0 atom stereocenters. The first-order chi connectivity index (χ1) is 17.8. The van der Waals surface area contributed by atoms with Crippen LogP contribution in [0.1, 0.15) is 0 Å². The van der Waals surface area contributed by atoms with Crippen molar-refractivity contribution in [2.45, 2.75) is 0 Å². The van der Waals surface area contributed by atoms with E-state index in [1.807, 2.05) is 48.5 Å². The van der Waals surface area contributed by atoms with Crippen LogP contribution in [-0.2, 0) is 0 Å². The van der Waals surface area contributed by atoms with E-state index in [9.17, 15) is 0 Å². The molecule has 38 heavy (non-hydrogen) atoms. The lowest BCUT2D eigenvalue weighted by Crippen LogP contribution is -2.64. The lowest BCUT2D eigenvalue weighted by molar-refractivity contribution is -0.453.